The fourth-order valence-electron chi connectivity index (χ4n) is 4.35. The van der Waals surface area contributed by atoms with Crippen LogP contribution in [0.5, 0.6) is 17.2 Å². The molecule has 3 aliphatic rings. The Balaban J connectivity index is 1.04. The number of rotatable bonds is 5. The highest BCUT2D eigenvalue weighted by atomic mass is 16.6. The van der Waals surface area contributed by atoms with Gasteiger partial charge in [0.25, 0.3) is 0 Å². The number of amides is 3. The molecular weight excluding hydrogens is 424 g/mol. The summed E-state index contributed by atoms with van der Waals surface area (Å²) in [4.78, 5) is 29.0. The second-order valence-corrected chi connectivity index (χ2v) is 8.45. The maximum absolute atomic E-state index is 12.3. The van der Waals surface area contributed by atoms with Crippen LogP contribution in [0.4, 0.5) is 10.5 Å². The second kappa shape index (κ2) is 9.68. The lowest BCUT2D eigenvalue weighted by Gasteiger charge is -2.34. The number of benzene rings is 2. The molecule has 0 aromatic heterocycles. The number of anilines is 1. The maximum Gasteiger partial charge on any atom is 0.325 e. The monoisotopic (exact) mass is 452 g/mol. The van der Waals surface area contributed by atoms with E-state index in [-0.39, 0.29) is 12.5 Å². The Morgan fingerprint density at radius 1 is 0.818 bits per heavy atom. The van der Waals surface area contributed by atoms with Crippen molar-refractivity contribution in [2.45, 2.75) is 13.0 Å². The minimum absolute atomic E-state index is 0.193. The van der Waals surface area contributed by atoms with Crippen molar-refractivity contribution in [2.75, 3.05) is 57.9 Å². The van der Waals surface area contributed by atoms with Crippen LogP contribution in [-0.2, 0) is 17.8 Å². The number of hydrogen-bond acceptors (Lipinski definition) is 7. The van der Waals surface area contributed by atoms with Gasteiger partial charge in [-0.2, -0.15) is 0 Å². The average Bonchev–Trinajstić information content (AvgIpc) is 3.28. The van der Waals surface area contributed by atoms with Gasteiger partial charge in [0.05, 0.1) is 13.2 Å². The first-order chi connectivity index (χ1) is 16.1. The molecule has 0 aliphatic carbocycles. The summed E-state index contributed by atoms with van der Waals surface area (Å²) in [6, 6.07) is 11.0. The molecule has 0 bridgehead atoms. The summed E-state index contributed by atoms with van der Waals surface area (Å²) < 4.78 is 16.6. The smallest absolute Gasteiger partial charge is 0.325 e. The summed E-state index contributed by atoms with van der Waals surface area (Å²) in [6.07, 6.45) is 0.980. The number of nitrogens with zero attached hydrogens (tertiary/aromatic N) is 2. The van der Waals surface area contributed by atoms with Gasteiger partial charge >= 0.3 is 6.03 Å². The summed E-state index contributed by atoms with van der Waals surface area (Å²) in [6.45, 7) is 6.16. The fraction of sp³-hybridized carbons (Fsp3) is 0.417. The lowest BCUT2D eigenvalue weighted by molar-refractivity contribution is -0.121. The lowest BCUT2D eigenvalue weighted by Crippen LogP contribution is -2.50. The quantitative estimate of drug-likeness (QED) is 0.715. The zero-order valence-electron chi connectivity index (χ0n) is 18.5. The summed E-state index contributed by atoms with van der Waals surface area (Å²) in [5.74, 6) is 1.91. The van der Waals surface area contributed by atoms with E-state index < -0.39 is 6.03 Å². The molecule has 1 fully saturated rings. The van der Waals surface area contributed by atoms with E-state index in [4.69, 9.17) is 14.2 Å². The molecule has 0 spiro atoms. The molecular formula is C24H28N4O5. The van der Waals surface area contributed by atoms with Crippen LogP contribution in [0.1, 0.15) is 11.1 Å². The summed E-state index contributed by atoms with van der Waals surface area (Å²) in [5.41, 5.74) is 3.12. The van der Waals surface area contributed by atoms with E-state index in [1.54, 1.807) is 18.2 Å². The molecule has 3 heterocycles. The Bertz CT molecular complexity index is 1040. The molecule has 33 heavy (non-hydrogen) atoms. The van der Waals surface area contributed by atoms with Crippen molar-refractivity contribution >= 4 is 17.6 Å². The van der Waals surface area contributed by atoms with Gasteiger partial charge in [-0.25, -0.2) is 4.79 Å². The summed E-state index contributed by atoms with van der Waals surface area (Å²) in [7, 11) is 0. The minimum atomic E-state index is -0.559. The number of nitrogens with one attached hydrogen (secondary N) is 2. The molecule has 5 rings (SSSR count). The highest BCUT2D eigenvalue weighted by Gasteiger charge is 2.21. The first-order valence-electron chi connectivity index (χ1n) is 11.3. The topological polar surface area (TPSA) is 92.4 Å². The molecule has 2 aromatic rings. The van der Waals surface area contributed by atoms with Crippen molar-refractivity contribution in [3.05, 3.63) is 47.5 Å². The standard InChI is InChI=1S/C24H28N4O5/c29-23(26-24(30)25-19-2-4-21-22(14-19)33-12-11-32-21)16-28-8-6-27(7-9-28)15-17-1-3-20-18(13-17)5-10-31-20/h1-4,13-14H,5-12,15-16H2,(H2,25,26,29,30). The average molecular weight is 453 g/mol. The molecule has 2 N–H and O–H groups in total. The third-order valence-corrected chi connectivity index (χ3v) is 6.05. The summed E-state index contributed by atoms with van der Waals surface area (Å²) in [5, 5.41) is 5.07. The van der Waals surface area contributed by atoms with Crippen LogP contribution >= 0.6 is 0 Å². The Hall–Kier alpha value is -3.30. The highest BCUT2D eigenvalue weighted by molar-refractivity contribution is 6.01. The van der Waals surface area contributed by atoms with Crippen molar-refractivity contribution in [2.24, 2.45) is 0 Å². The van der Waals surface area contributed by atoms with Crippen LogP contribution in [-0.4, -0.2) is 74.3 Å². The van der Waals surface area contributed by atoms with Crippen LogP contribution < -0.4 is 24.8 Å². The first-order valence-corrected chi connectivity index (χ1v) is 11.3. The van der Waals surface area contributed by atoms with Crippen molar-refractivity contribution in [3.63, 3.8) is 0 Å². The van der Waals surface area contributed by atoms with Gasteiger partial charge in [-0.3, -0.25) is 19.9 Å². The molecule has 3 amide bonds. The van der Waals surface area contributed by atoms with Crippen LogP contribution in [0.3, 0.4) is 0 Å². The molecule has 3 aliphatic heterocycles. The number of urea groups is 1. The maximum atomic E-state index is 12.3. The van der Waals surface area contributed by atoms with Crippen molar-refractivity contribution < 1.29 is 23.8 Å². The lowest BCUT2D eigenvalue weighted by atomic mass is 10.1. The molecule has 0 unspecified atom stereocenters. The third kappa shape index (κ3) is 5.37. The van der Waals surface area contributed by atoms with E-state index >= 15 is 0 Å². The molecule has 0 atom stereocenters. The van der Waals surface area contributed by atoms with Gasteiger partial charge in [0.15, 0.2) is 11.5 Å². The van der Waals surface area contributed by atoms with Crippen molar-refractivity contribution in [1.29, 1.82) is 0 Å². The predicted molar refractivity (Wildman–Crippen MR) is 122 cm³/mol. The molecule has 1 saturated heterocycles. The number of fused-ring (bicyclic) bond motifs is 2. The Morgan fingerprint density at radius 2 is 1.55 bits per heavy atom. The molecule has 174 valence electrons. The number of carbonyl (C=O) groups excluding carboxylic acids is 2. The van der Waals surface area contributed by atoms with Crippen LogP contribution in [0.25, 0.3) is 0 Å². The van der Waals surface area contributed by atoms with E-state index in [0.717, 1.165) is 51.5 Å². The van der Waals surface area contributed by atoms with Crippen molar-refractivity contribution in [1.82, 2.24) is 15.1 Å². The number of ether oxygens (including phenoxy) is 3. The SMILES string of the molecule is O=C(CN1CCN(Cc2ccc3c(c2)CCO3)CC1)NC(=O)Nc1ccc2c(c1)OCCO2. The fourth-order valence-corrected chi connectivity index (χ4v) is 4.35. The van der Waals surface area contributed by atoms with E-state index in [2.05, 4.69) is 38.6 Å². The zero-order valence-corrected chi connectivity index (χ0v) is 18.5. The van der Waals surface area contributed by atoms with Gasteiger partial charge in [-0.15, -0.1) is 0 Å². The Morgan fingerprint density at radius 3 is 2.39 bits per heavy atom. The number of carbonyl (C=O) groups is 2. The van der Waals surface area contributed by atoms with Gasteiger partial charge in [0.1, 0.15) is 19.0 Å². The normalized spacial score (nSPS) is 17.7. The second-order valence-electron chi connectivity index (χ2n) is 8.45. The van der Waals surface area contributed by atoms with E-state index in [1.807, 2.05) is 0 Å². The number of imide groups is 1. The molecule has 0 radical (unpaired) electrons. The minimum Gasteiger partial charge on any atom is -0.493 e. The van der Waals surface area contributed by atoms with Crippen LogP contribution in [0, 0.1) is 0 Å². The predicted octanol–water partition coefficient (Wildman–Crippen LogP) is 1.86. The first kappa shape index (κ1) is 21.5. The van der Waals surface area contributed by atoms with Crippen LogP contribution in [0.15, 0.2) is 36.4 Å². The van der Waals surface area contributed by atoms with Gasteiger partial charge in [0.2, 0.25) is 5.91 Å². The van der Waals surface area contributed by atoms with E-state index in [9.17, 15) is 9.59 Å². The summed E-state index contributed by atoms with van der Waals surface area (Å²) >= 11 is 0. The number of hydrogen-bond donors (Lipinski definition) is 2. The Kier molecular flexibility index (Phi) is 6.32. The molecule has 9 heteroatoms. The largest absolute Gasteiger partial charge is 0.493 e. The molecule has 0 saturated carbocycles. The van der Waals surface area contributed by atoms with Crippen molar-refractivity contribution in [3.8, 4) is 17.2 Å². The highest BCUT2D eigenvalue weighted by Crippen LogP contribution is 2.32. The number of piperazine rings is 1. The van der Waals surface area contributed by atoms with Gasteiger partial charge in [-0.1, -0.05) is 12.1 Å². The zero-order chi connectivity index (χ0) is 22.6. The molecule has 2 aromatic carbocycles. The van der Waals surface area contributed by atoms with Gasteiger partial charge in [0, 0.05) is 50.9 Å². The third-order valence-electron chi connectivity index (χ3n) is 6.05. The van der Waals surface area contributed by atoms with Gasteiger partial charge < -0.3 is 19.5 Å². The van der Waals surface area contributed by atoms with Gasteiger partial charge in [-0.05, 0) is 29.3 Å². The Labute approximate surface area is 192 Å². The van der Waals surface area contributed by atoms with E-state index in [1.165, 1.54) is 11.1 Å². The molecule has 9 nitrogen and oxygen atoms in total. The van der Waals surface area contributed by atoms with E-state index in [0.29, 0.717) is 30.4 Å². The van der Waals surface area contributed by atoms with Crippen LogP contribution in [0.2, 0.25) is 0 Å².